The molecule has 0 aliphatic heterocycles. The number of aldehydes is 2. The molecule has 2 aliphatic rings. The minimum Gasteiger partial charge on any atom is -0.324 e. The lowest BCUT2D eigenvalue weighted by atomic mass is 10.0. The van der Waals surface area contributed by atoms with Crippen LogP contribution in [0.3, 0.4) is 0 Å². The van der Waals surface area contributed by atoms with Gasteiger partial charge in [0.15, 0.2) is 11.6 Å². The summed E-state index contributed by atoms with van der Waals surface area (Å²) in [5.74, 6) is 3.16. The van der Waals surface area contributed by atoms with E-state index in [0.717, 1.165) is 51.1 Å². The van der Waals surface area contributed by atoms with Crippen molar-refractivity contribution in [3.63, 3.8) is 0 Å². The van der Waals surface area contributed by atoms with E-state index in [1.165, 1.54) is 0 Å². The van der Waals surface area contributed by atoms with E-state index in [1.54, 1.807) is 25.5 Å². The molecule has 0 heterocycles. The maximum absolute atomic E-state index is 11.7. The second-order valence-corrected chi connectivity index (χ2v) is 17.1. The average molecular weight is 593 g/mol. The quantitative estimate of drug-likeness (QED) is 0.116. The van der Waals surface area contributed by atoms with Gasteiger partial charge in [-0.2, -0.15) is 0 Å². The highest BCUT2D eigenvalue weighted by Gasteiger charge is 2.23. The van der Waals surface area contributed by atoms with Crippen LogP contribution in [0.5, 0.6) is 0 Å². The lowest BCUT2D eigenvalue weighted by Crippen LogP contribution is -2.07. The Bertz CT molecular complexity index is 871. The maximum Gasteiger partial charge on any atom is 0.155 e. The number of carbonyl (C=O) groups excluding carboxylic acids is 5. The van der Waals surface area contributed by atoms with Gasteiger partial charge >= 0.3 is 0 Å². The van der Waals surface area contributed by atoms with E-state index in [9.17, 15) is 28.5 Å². The van der Waals surface area contributed by atoms with E-state index in [1.807, 2.05) is 13.8 Å². The molecule has 4 atom stereocenters. The van der Waals surface area contributed by atoms with Crippen LogP contribution in [0, 0.1) is 41.4 Å². The third-order valence-corrected chi connectivity index (χ3v) is 8.05. The Hall–Kier alpha value is -1.94. The van der Waals surface area contributed by atoms with Crippen LogP contribution in [0.4, 0.5) is 0 Å². The van der Waals surface area contributed by atoms with Gasteiger partial charge in [0.1, 0.15) is 18.4 Å². The lowest BCUT2D eigenvalue weighted by Gasteiger charge is -2.06. The summed E-state index contributed by atoms with van der Waals surface area (Å²) in [5.41, 5.74) is 0. The van der Waals surface area contributed by atoms with Crippen molar-refractivity contribution < 1.29 is 28.5 Å². The highest BCUT2D eigenvalue weighted by molar-refractivity contribution is 7.63. The van der Waals surface area contributed by atoms with Crippen molar-refractivity contribution in [3.05, 3.63) is 24.3 Å². The minimum absolute atomic E-state index is 0.133. The van der Waals surface area contributed by atoms with Crippen LogP contribution in [-0.2, 0) is 28.5 Å². The molecular formula is C34H57O6P. The van der Waals surface area contributed by atoms with Crippen molar-refractivity contribution in [1.82, 2.24) is 0 Å². The highest BCUT2D eigenvalue weighted by Crippen LogP contribution is 2.36. The summed E-state index contributed by atoms with van der Waals surface area (Å²) < 4.78 is 11.2. The van der Waals surface area contributed by atoms with E-state index in [-0.39, 0.29) is 35.3 Å². The van der Waals surface area contributed by atoms with Crippen LogP contribution < -0.4 is 0 Å². The topological polar surface area (TPSA) is 102 Å². The number of carbonyl (C=O) groups is 5. The van der Waals surface area contributed by atoms with E-state index >= 15 is 0 Å². The number of rotatable bonds is 14. The van der Waals surface area contributed by atoms with E-state index in [4.69, 9.17) is 0 Å². The van der Waals surface area contributed by atoms with Gasteiger partial charge in [-0.05, 0) is 93.6 Å². The molecular weight excluding hydrogens is 535 g/mol. The predicted octanol–water partition coefficient (Wildman–Crippen LogP) is 7.77. The smallest absolute Gasteiger partial charge is 0.155 e. The van der Waals surface area contributed by atoms with Crippen LogP contribution in [0.2, 0.25) is 0 Å². The Morgan fingerprint density at radius 3 is 1.27 bits per heavy atom. The molecule has 2 fully saturated rings. The number of allylic oxidation sites excluding steroid dienone is 4. The molecule has 4 unspecified atom stereocenters. The summed E-state index contributed by atoms with van der Waals surface area (Å²) in [7, 11) is -2.13. The van der Waals surface area contributed by atoms with Gasteiger partial charge < -0.3 is 14.2 Å². The van der Waals surface area contributed by atoms with Gasteiger partial charge in [-0.25, -0.2) is 0 Å². The summed E-state index contributed by atoms with van der Waals surface area (Å²) >= 11 is 0. The number of hydrogen-bond acceptors (Lipinski definition) is 6. The van der Waals surface area contributed by atoms with E-state index in [0.29, 0.717) is 48.9 Å². The Morgan fingerprint density at radius 1 is 0.634 bits per heavy atom. The van der Waals surface area contributed by atoms with Gasteiger partial charge in [0, 0.05) is 31.1 Å². The molecule has 2 aliphatic carbocycles. The molecule has 2 saturated carbocycles. The monoisotopic (exact) mass is 592 g/mol. The molecule has 7 heteroatoms. The second-order valence-electron chi connectivity index (χ2n) is 13.7. The van der Waals surface area contributed by atoms with Crippen molar-refractivity contribution in [2.75, 3.05) is 19.5 Å². The van der Waals surface area contributed by atoms with Crippen molar-refractivity contribution >= 4 is 37.1 Å². The van der Waals surface area contributed by atoms with Crippen molar-refractivity contribution in [2.45, 2.75) is 99.3 Å². The highest BCUT2D eigenvalue weighted by atomic mass is 31.2. The molecule has 0 amide bonds. The van der Waals surface area contributed by atoms with Gasteiger partial charge in [0.05, 0.1) is 13.3 Å². The summed E-state index contributed by atoms with van der Waals surface area (Å²) in [6, 6.07) is 0. The first-order valence-electron chi connectivity index (χ1n) is 15.4. The molecule has 0 aromatic carbocycles. The standard InChI is InChI=1S/C19H30O2.C8H17O2P.C7H10O2/c1-14(2)11-18(20)9-7-16-5-6-17(13-16)8-10-19(21)12-15(3)4;1-7(2)5-8(9)6-11(3,4)10;8-4-6-1-2-7(3-6)5-9/h7-10,14-17H,5-6,11-13H2,1-4H3;7H,5-6H2,1-4H3;4-7H,1-3H2/b9-7+,10-8+;;. The molecule has 0 spiro atoms. The zero-order valence-electron chi connectivity index (χ0n) is 27.0. The van der Waals surface area contributed by atoms with E-state index in [2.05, 4.69) is 39.8 Å². The fourth-order valence-electron chi connectivity index (χ4n) is 5.07. The predicted molar refractivity (Wildman–Crippen MR) is 170 cm³/mol. The summed E-state index contributed by atoms with van der Waals surface area (Å²) in [6.07, 6.45) is 17.6. The van der Waals surface area contributed by atoms with Crippen molar-refractivity contribution in [2.24, 2.45) is 41.4 Å². The number of Topliss-reactive ketones (excluding diaryl/α,β-unsaturated/α-hetero) is 1. The zero-order chi connectivity index (χ0) is 31.6. The third kappa shape index (κ3) is 22.3. The maximum atomic E-state index is 11.7. The number of ketones is 3. The van der Waals surface area contributed by atoms with Gasteiger partial charge in [-0.15, -0.1) is 0 Å². The zero-order valence-corrected chi connectivity index (χ0v) is 27.9. The Balaban J connectivity index is 0.000000666. The molecule has 0 saturated heterocycles. The van der Waals surface area contributed by atoms with Gasteiger partial charge in [-0.3, -0.25) is 14.4 Å². The molecule has 0 aromatic heterocycles. The largest absolute Gasteiger partial charge is 0.324 e. The van der Waals surface area contributed by atoms with Crippen LogP contribution in [0.15, 0.2) is 24.3 Å². The van der Waals surface area contributed by atoms with Crippen LogP contribution in [0.1, 0.15) is 99.3 Å². The first-order chi connectivity index (χ1) is 19.0. The van der Waals surface area contributed by atoms with Gasteiger partial charge in [0.25, 0.3) is 0 Å². The average Bonchev–Trinajstić information content (AvgIpc) is 3.49. The van der Waals surface area contributed by atoms with Crippen LogP contribution >= 0.6 is 7.14 Å². The summed E-state index contributed by atoms with van der Waals surface area (Å²) in [6.45, 7) is 15.6. The van der Waals surface area contributed by atoms with Crippen molar-refractivity contribution in [3.8, 4) is 0 Å². The SMILES string of the molecule is CC(C)CC(=O)/C=C/C1CCC(/C=C/C(=O)CC(C)C)C1.CC(C)CC(=O)CP(C)(C)=O.O=CC1CCC(C=O)C1. The van der Waals surface area contributed by atoms with E-state index < -0.39 is 7.14 Å². The van der Waals surface area contributed by atoms with Gasteiger partial charge in [0.2, 0.25) is 0 Å². The van der Waals surface area contributed by atoms with Crippen molar-refractivity contribution in [1.29, 1.82) is 0 Å². The molecule has 0 radical (unpaired) electrons. The molecule has 234 valence electrons. The Labute approximate surface area is 250 Å². The first-order valence-corrected chi connectivity index (χ1v) is 18.2. The molecule has 0 bridgehead atoms. The lowest BCUT2D eigenvalue weighted by molar-refractivity contribution is -0.117. The van der Waals surface area contributed by atoms with Crippen LogP contribution in [-0.4, -0.2) is 49.4 Å². The molecule has 6 nitrogen and oxygen atoms in total. The molecule has 0 aromatic rings. The summed E-state index contributed by atoms with van der Waals surface area (Å²) in [5, 5.41) is 0. The molecule has 41 heavy (non-hydrogen) atoms. The minimum atomic E-state index is -2.13. The first kappa shape index (κ1) is 39.1. The van der Waals surface area contributed by atoms with Gasteiger partial charge in [-0.1, -0.05) is 53.7 Å². The Kier molecular flexibility index (Phi) is 19.9. The molecule has 0 N–H and O–H groups in total. The fourth-order valence-corrected chi connectivity index (χ4v) is 6.05. The third-order valence-electron chi connectivity index (χ3n) is 6.93. The second kappa shape index (κ2) is 20.9. The molecule has 2 rings (SSSR count). The summed E-state index contributed by atoms with van der Waals surface area (Å²) in [4.78, 5) is 54.7. The Morgan fingerprint density at radius 2 is 0.976 bits per heavy atom. The number of hydrogen-bond donors (Lipinski definition) is 0. The fraction of sp³-hybridized carbons (Fsp3) is 0.735. The normalized spacial score (nSPS) is 22.5. The van der Waals surface area contributed by atoms with Crippen LogP contribution in [0.25, 0.3) is 0 Å².